The van der Waals surface area contributed by atoms with Crippen LogP contribution in [0.5, 0.6) is 0 Å². The van der Waals surface area contributed by atoms with Gasteiger partial charge >= 0.3 is 0 Å². The predicted molar refractivity (Wildman–Crippen MR) is 80.2 cm³/mol. The minimum atomic E-state index is 0.466. The zero-order valence-electron chi connectivity index (χ0n) is 8.64. The summed E-state index contributed by atoms with van der Waals surface area (Å²) in [6.07, 6.45) is 0. The van der Waals surface area contributed by atoms with E-state index in [4.69, 9.17) is 28.9 Å². The summed E-state index contributed by atoms with van der Waals surface area (Å²) in [5.41, 5.74) is 7.24. The SMILES string of the molecule is Nc1cc(Cl)c(Cl)cc1NCc1cc(Br)cs1. The molecule has 0 bridgehead atoms. The molecule has 1 aromatic carbocycles. The maximum atomic E-state index is 5.94. The van der Waals surface area contributed by atoms with E-state index in [0.717, 1.165) is 10.2 Å². The zero-order chi connectivity index (χ0) is 12.4. The summed E-state index contributed by atoms with van der Waals surface area (Å²) < 4.78 is 1.08. The van der Waals surface area contributed by atoms with Crippen molar-refractivity contribution in [3.05, 3.63) is 43.0 Å². The summed E-state index contributed by atoms with van der Waals surface area (Å²) in [6.45, 7) is 0.707. The summed E-state index contributed by atoms with van der Waals surface area (Å²) in [6, 6.07) is 5.45. The van der Waals surface area contributed by atoms with E-state index in [0.29, 0.717) is 22.3 Å². The molecule has 0 radical (unpaired) electrons. The molecule has 0 fully saturated rings. The summed E-state index contributed by atoms with van der Waals surface area (Å²) >= 11 is 16.9. The quantitative estimate of drug-likeness (QED) is 0.762. The predicted octanol–water partition coefficient (Wildman–Crippen LogP) is 5.01. The molecule has 6 heteroatoms. The van der Waals surface area contributed by atoms with E-state index in [9.17, 15) is 0 Å². The van der Waals surface area contributed by atoms with Gasteiger partial charge in [0.15, 0.2) is 0 Å². The number of hydrogen-bond acceptors (Lipinski definition) is 3. The van der Waals surface area contributed by atoms with Crippen molar-refractivity contribution in [2.75, 3.05) is 11.1 Å². The number of rotatable bonds is 3. The fraction of sp³-hybridized carbons (Fsp3) is 0.0909. The summed E-state index contributed by atoms with van der Waals surface area (Å²) in [4.78, 5) is 1.21. The fourth-order valence-corrected chi connectivity index (χ4v) is 3.07. The second kappa shape index (κ2) is 5.48. The van der Waals surface area contributed by atoms with Crippen LogP contribution in [0.15, 0.2) is 28.1 Å². The lowest BCUT2D eigenvalue weighted by molar-refractivity contribution is 1.19. The van der Waals surface area contributed by atoms with Gasteiger partial charge in [-0.2, -0.15) is 0 Å². The third kappa shape index (κ3) is 3.28. The Bertz CT molecular complexity index is 542. The summed E-state index contributed by atoms with van der Waals surface area (Å²) in [7, 11) is 0. The molecule has 0 aliphatic carbocycles. The Balaban J connectivity index is 2.11. The Morgan fingerprint density at radius 3 is 2.59 bits per heavy atom. The largest absolute Gasteiger partial charge is 0.397 e. The van der Waals surface area contributed by atoms with Crippen molar-refractivity contribution in [3.8, 4) is 0 Å². The molecule has 3 N–H and O–H groups in total. The van der Waals surface area contributed by atoms with Crippen LogP contribution in [0.4, 0.5) is 11.4 Å². The molecule has 0 aliphatic rings. The number of benzene rings is 1. The van der Waals surface area contributed by atoms with Crippen molar-refractivity contribution >= 4 is 61.8 Å². The molecule has 1 aromatic heterocycles. The number of nitrogens with two attached hydrogens (primary N) is 1. The highest BCUT2D eigenvalue weighted by Gasteiger charge is 2.05. The molecule has 0 saturated carbocycles. The van der Waals surface area contributed by atoms with Gasteiger partial charge < -0.3 is 11.1 Å². The monoisotopic (exact) mass is 350 g/mol. The average Bonchev–Trinajstić information content (AvgIpc) is 2.68. The van der Waals surface area contributed by atoms with E-state index in [1.54, 1.807) is 23.5 Å². The molecular weight excluding hydrogens is 343 g/mol. The molecule has 0 spiro atoms. The fourth-order valence-electron chi connectivity index (χ4n) is 1.34. The van der Waals surface area contributed by atoms with Crippen molar-refractivity contribution in [2.45, 2.75) is 6.54 Å². The van der Waals surface area contributed by atoms with Crippen LogP contribution >= 0.6 is 50.5 Å². The lowest BCUT2D eigenvalue weighted by atomic mass is 10.2. The van der Waals surface area contributed by atoms with Crippen molar-refractivity contribution in [3.63, 3.8) is 0 Å². The third-order valence-corrected chi connectivity index (χ3v) is 4.59. The molecule has 2 aromatic rings. The Hall–Kier alpha value is -0.420. The first-order chi connectivity index (χ1) is 8.06. The van der Waals surface area contributed by atoms with Gasteiger partial charge in [0.05, 0.1) is 21.4 Å². The van der Waals surface area contributed by atoms with E-state index < -0.39 is 0 Å². The normalized spacial score (nSPS) is 10.5. The smallest absolute Gasteiger partial charge is 0.0614 e. The molecule has 2 rings (SSSR count). The van der Waals surface area contributed by atoms with Crippen LogP contribution in [0.3, 0.4) is 0 Å². The van der Waals surface area contributed by atoms with Gasteiger partial charge in [-0.05, 0) is 34.1 Å². The van der Waals surface area contributed by atoms with Crippen LogP contribution < -0.4 is 11.1 Å². The third-order valence-electron chi connectivity index (χ3n) is 2.17. The molecular formula is C11H9BrCl2N2S. The van der Waals surface area contributed by atoms with Gasteiger partial charge in [0.1, 0.15) is 0 Å². The lowest BCUT2D eigenvalue weighted by Gasteiger charge is -2.09. The molecule has 0 aliphatic heterocycles. The van der Waals surface area contributed by atoms with Gasteiger partial charge in [-0.15, -0.1) is 11.3 Å². The van der Waals surface area contributed by atoms with E-state index >= 15 is 0 Å². The topological polar surface area (TPSA) is 38.0 Å². The lowest BCUT2D eigenvalue weighted by Crippen LogP contribution is -2.01. The number of hydrogen-bond donors (Lipinski definition) is 2. The molecule has 90 valence electrons. The van der Waals surface area contributed by atoms with Crippen LogP contribution in [0.2, 0.25) is 10.0 Å². The molecule has 0 atom stereocenters. The highest BCUT2D eigenvalue weighted by molar-refractivity contribution is 9.10. The van der Waals surface area contributed by atoms with E-state index in [2.05, 4.69) is 27.3 Å². The first-order valence-electron chi connectivity index (χ1n) is 4.77. The van der Waals surface area contributed by atoms with Crippen LogP contribution in [0, 0.1) is 0 Å². The second-order valence-corrected chi connectivity index (χ2v) is 6.16. The van der Waals surface area contributed by atoms with Crippen LogP contribution in [0.25, 0.3) is 0 Å². The summed E-state index contributed by atoms with van der Waals surface area (Å²) in [5, 5.41) is 6.23. The maximum Gasteiger partial charge on any atom is 0.0614 e. The minimum Gasteiger partial charge on any atom is -0.397 e. The van der Waals surface area contributed by atoms with E-state index in [-0.39, 0.29) is 0 Å². The average molecular weight is 352 g/mol. The van der Waals surface area contributed by atoms with Crippen LogP contribution in [0.1, 0.15) is 4.88 Å². The number of thiophene rings is 1. The Kier molecular flexibility index (Phi) is 4.20. The van der Waals surface area contributed by atoms with Crippen molar-refractivity contribution in [2.24, 2.45) is 0 Å². The van der Waals surface area contributed by atoms with Gasteiger partial charge in [-0.1, -0.05) is 23.2 Å². The van der Waals surface area contributed by atoms with Gasteiger partial charge in [0.2, 0.25) is 0 Å². The van der Waals surface area contributed by atoms with E-state index in [1.165, 1.54) is 4.88 Å². The van der Waals surface area contributed by atoms with Crippen molar-refractivity contribution in [1.29, 1.82) is 0 Å². The zero-order valence-corrected chi connectivity index (χ0v) is 12.6. The second-order valence-electron chi connectivity index (χ2n) is 3.44. The highest BCUT2D eigenvalue weighted by Crippen LogP contribution is 2.31. The van der Waals surface area contributed by atoms with Crippen LogP contribution in [-0.2, 0) is 6.54 Å². The summed E-state index contributed by atoms with van der Waals surface area (Å²) in [5.74, 6) is 0. The standard InChI is InChI=1S/C11H9BrCl2N2S/c12-6-1-7(17-5-6)4-16-11-3-9(14)8(13)2-10(11)15/h1-3,5,16H,4,15H2. The minimum absolute atomic E-state index is 0.466. The molecule has 1 heterocycles. The number of halogens is 3. The first kappa shape index (κ1) is 13.0. The maximum absolute atomic E-state index is 5.94. The molecule has 2 nitrogen and oxygen atoms in total. The van der Waals surface area contributed by atoms with E-state index in [1.807, 2.05) is 5.38 Å². The van der Waals surface area contributed by atoms with Gasteiger partial charge in [0.25, 0.3) is 0 Å². The Morgan fingerprint density at radius 2 is 1.94 bits per heavy atom. The molecule has 0 saturated heterocycles. The molecule has 0 amide bonds. The number of anilines is 2. The van der Waals surface area contributed by atoms with Gasteiger partial charge in [-0.3, -0.25) is 0 Å². The van der Waals surface area contributed by atoms with Gasteiger partial charge in [-0.25, -0.2) is 0 Å². The highest BCUT2D eigenvalue weighted by atomic mass is 79.9. The Morgan fingerprint density at radius 1 is 1.24 bits per heavy atom. The van der Waals surface area contributed by atoms with Gasteiger partial charge in [0, 0.05) is 21.3 Å². The molecule has 0 unspecified atom stereocenters. The van der Waals surface area contributed by atoms with Crippen LogP contribution in [-0.4, -0.2) is 0 Å². The first-order valence-corrected chi connectivity index (χ1v) is 7.20. The molecule has 17 heavy (non-hydrogen) atoms. The Labute approximate surface area is 122 Å². The van der Waals surface area contributed by atoms with Crippen molar-refractivity contribution < 1.29 is 0 Å². The number of nitrogens with one attached hydrogen (secondary N) is 1. The van der Waals surface area contributed by atoms with Crippen molar-refractivity contribution in [1.82, 2.24) is 0 Å². The number of nitrogen functional groups attached to an aromatic ring is 1.